The van der Waals surface area contributed by atoms with E-state index in [1.165, 1.54) is 6.07 Å². The van der Waals surface area contributed by atoms with Crippen molar-refractivity contribution in [3.8, 4) is 11.5 Å². The number of hydrogen-bond acceptors (Lipinski definition) is 2. The molecule has 2 rings (SSSR count). The second kappa shape index (κ2) is 4.94. The Morgan fingerprint density at radius 1 is 1.22 bits per heavy atom. The zero-order valence-electron chi connectivity index (χ0n) is 9.53. The predicted molar refractivity (Wildman–Crippen MR) is 69.6 cm³/mol. The van der Waals surface area contributed by atoms with E-state index < -0.39 is 0 Å². The van der Waals surface area contributed by atoms with Crippen molar-refractivity contribution in [1.82, 2.24) is 4.98 Å². The summed E-state index contributed by atoms with van der Waals surface area (Å²) in [5, 5.41) is 0.417. The van der Waals surface area contributed by atoms with Crippen molar-refractivity contribution in [2.45, 2.75) is 6.92 Å². The molecule has 2 aromatic rings. The number of halogens is 1. The van der Waals surface area contributed by atoms with E-state index in [0.717, 1.165) is 0 Å². The average molecular weight is 261 g/mol. The summed E-state index contributed by atoms with van der Waals surface area (Å²) < 4.78 is 5.52. The van der Waals surface area contributed by atoms with Crippen molar-refractivity contribution in [2.75, 3.05) is 0 Å². The van der Waals surface area contributed by atoms with Gasteiger partial charge in [0.15, 0.2) is 5.69 Å². The summed E-state index contributed by atoms with van der Waals surface area (Å²) in [6, 6.07) is 7.73. The average Bonchev–Trinajstić information content (AvgIpc) is 2.26. The molecule has 0 radical (unpaired) electrons. The summed E-state index contributed by atoms with van der Waals surface area (Å²) in [4.78, 5) is 17.2. The largest absolute Gasteiger partial charge is 0.458 e. The van der Waals surface area contributed by atoms with Gasteiger partial charge in [-0.25, -0.2) is 4.85 Å². The van der Waals surface area contributed by atoms with Crippen molar-refractivity contribution in [3.63, 3.8) is 0 Å². The molecule has 0 saturated carbocycles. The number of aromatic amines is 1. The van der Waals surface area contributed by atoms with E-state index in [1.807, 2.05) is 0 Å². The van der Waals surface area contributed by atoms with E-state index in [2.05, 4.69) is 9.83 Å². The van der Waals surface area contributed by atoms with E-state index in [4.69, 9.17) is 22.9 Å². The lowest BCUT2D eigenvalue weighted by atomic mass is 10.3. The molecule has 0 aliphatic heterocycles. The van der Waals surface area contributed by atoms with Gasteiger partial charge in [0.05, 0.1) is 6.57 Å². The van der Waals surface area contributed by atoms with E-state index in [-0.39, 0.29) is 5.56 Å². The maximum Gasteiger partial charge on any atom is 0.251 e. The summed E-state index contributed by atoms with van der Waals surface area (Å²) in [6.45, 7) is 8.70. The molecule has 4 nitrogen and oxygen atoms in total. The Morgan fingerprint density at radius 2 is 1.94 bits per heavy atom. The van der Waals surface area contributed by atoms with Crippen LogP contribution < -0.4 is 10.3 Å². The van der Waals surface area contributed by atoms with Crippen LogP contribution in [0.4, 0.5) is 5.69 Å². The number of aryl methyl sites for hydroxylation is 1. The van der Waals surface area contributed by atoms with Gasteiger partial charge in [-0.1, -0.05) is 11.6 Å². The van der Waals surface area contributed by atoms with Gasteiger partial charge in [-0.2, -0.15) is 0 Å². The molecule has 0 bridgehead atoms. The second-order valence-corrected chi connectivity index (χ2v) is 4.16. The number of rotatable bonds is 2. The quantitative estimate of drug-likeness (QED) is 0.837. The van der Waals surface area contributed by atoms with Gasteiger partial charge in [0, 0.05) is 22.8 Å². The standard InChI is InChI=1S/C13H9ClN2O2/c1-8-3-11(7-13(17)16-8)18-12-5-9(14)4-10(6-12)15-2/h3-7H,1H3,(H,16,17). The molecule has 0 atom stereocenters. The minimum Gasteiger partial charge on any atom is -0.458 e. The summed E-state index contributed by atoms with van der Waals surface area (Å²) >= 11 is 5.87. The number of pyridine rings is 1. The monoisotopic (exact) mass is 260 g/mol. The lowest BCUT2D eigenvalue weighted by Crippen LogP contribution is -2.05. The molecular formula is C13H9ClN2O2. The van der Waals surface area contributed by atoms with Gasteiger partial charge in [0.1, 0.15) is 11.5 Å². The molecule has 1 heterocycles. The zero-order chi connectivity index (χ0) is 13.1. The molecule has 0 aliphatic carbocycles. The molecule has 0 amide bonds. The number of ether oxygens (including phenoxy) is 1. The molecule has 0 spiro atoms. The SMILES string of the molecule is [C-]#[N+]c1cc(Cl)cc(Oc2cc(C)[nH]c(=O)c2)c1. The first kappa shape index (κ1) is 12.2. The van der Waals surface area contributed by atoms with Gasteiger partial charge < -0.3 is 9.72 Å². The molecule has 90 valence electrons. The highest BCUT2D eigenvalue weighted by molar-refractivity contribution is 6.31. The third-order valence-electron chi connectivity index (χ3n) is 2.17. The Morgan fingerprint density at radius 3 is 2.61 bits per heavy atom. The van der Waals surface area contributed by atoms with Gasteiger partial charge in [-0.15, -0.1) is 0 Å². The van der Waals surface area contributed by atoms with Crippen molar-refractivity contribution in [3.05, 3.63) is 62.8 Å². The van der Waals surface area contributed by atoms with Gasteiger partial charge in [0.2, 0.25) is 0 Å². The third kappa shape index (κ3) is 2.90. The Balaban J connectivity index is 2.37. The molecule has 1 aromatic heterocycles. The maximum absolute atomic E-state index is 11.3. The molecule has 0 saturated heterocycles. The van der Waals surface area contributed by atoms with Gasteiger partial charge in [-0.05, 0) is 25.1 Å². The van der Waals surface area contributed by atoms with Crippen molar-refractivity contribution in [2.24, 2.45) is 0 Å². The molecule has 5 heteroatoms. The van der Waals surface area contributed by atoms with Crippen LogP contribution in [0.25, 0.3) is 4.85 Å². The van der Waals surface area contributed by atoms with E-state index in [9.17, 15) is 4.79 Å². The zero-order valence-corrected chi connectivity index (χ0v) is 10.3. The Kier molecular flexibility index (Phi) is 3.35. The van der Waals surface area contributed by atoms with E-state index >= 15 is 0 Å². The number of aromatic nitrogens is 1. The number of benzene rings is 1. The van der Waals surface area contributed by atoms with Crippen LogP contribution in [-0.2, 0) is 0 Å². The normalized spacial score (nSPS) is 9.83. The van der Waals surface area contributed by atoms with Crippen LogP contribution in [-0.4, -0.2) is 4.98 Å². The Hall–Kier alpha value is -2.25. The van der Waals surface area contributed by atoms with Gasteiger partial charge in [0.25, 0.3) is 5.56 Å². The smallest absolute Gasteiger partial charge is 0.251 e. The first-order valence-electron chi connectivity index (χ1n) is 5.14. The minimum atomic E-state index is -0.238. The minimum absolute atomic E-state index is 0.238. The highest BCUT2D eigenvalue weighted by Gasteiger charge is 2.03. The molecule has 0 fully saturated rings. The molecule has 0 unspecified atom stereocenters. The number of hydrogen-bond donors (Lipinski definition) is 1. The van der Waals surface area contributed by atoms with Crippen LogP contribution in [0.1, 0.15) is 5.69 Å². The van der Waals surface area contributed by atoms with Crippen molar-refractivity contribution in [1.29, 1.82) is 0 Å². The summed E-state index contributed by atoms with van der Waals surface area (Å²) in [7, 11) is 0. The topological polar surface area (TPSA) is 46.5 Å². The molecular weight excluding hydrogens is 252 g/mol. The van der Waals surface area contributed by atoms with E-state index in [1.54, 1.807) is 31.2 Å². The third-order valence-corrected chi connectivity index (χ3v) is 2.39. The number of nitrogens with one attached hydrogen (secondary N) is 1. The maximum atomic E-state index is 11.3. The Bertz CT molecular complexity index is 686. The van der Waals surface area contributed by atoms with Crippen LogP contribution in [0.5, 0.6) is 11.5 Å². The predicted octanol–water partition coefficient (Wildman–Crippen LogP) is 3.68. The Labute approximate surface area is 109 Å². The molecule has 1 aromatic carbocycles. The lowest BCUT2D eigenvalue weighted by Gasteiger charge is -2.07. The van der Waals surface area contributed by atoms with E-state index in [0.29, 0.717) is 27.9 Å². The molecule has 18 heavy (non-hydrogen) atoms. The van der Waals surface area contributed by atoms with Crippen LogP contribution >= 0.6 is 11.6 Å². The highest BCUT2D eigenvalue weighted by Crippen LogP contribution is 2.29. The molecule has 0 aliphatic rings. The summed E-state index contributed by atoms with van der Waals surface area (Å²) in [5.74, 6) is 0.841. The van der Waals surface area contributed by atoms with Crippen LogP contribution in [0, 0.1) is 13.5 Å². The first-order chi connectivity index (χ1) is 8.56. The fraction of sp³-hybridized carbons (Fsp3) is 0.0769. The number of H-pyrrole nitrogens is 1. The molecule has 1 N–H and O–H groups in total. The fourth-order valence-electron chi connectivity index (χ4n) is 1.52. The second-order valence-electron chi connectivity index (χ2n) is 3.72. The summed E-state index contributed by atoms with van der Waals surface area (Å²) in [6.07, 6.45) is 0. The number of nitrogens with zero attached hydrogens (tertiary/aromatic N) is 1. The van der Waals surface area contributed by atoms with Crippen LogP contribution in [0.3, 0.4) is 0 Å². The lowest BCUT2D eigenvalue weighted by molar-refractivity contribution is 0.481. The van der Waals surface area contributed by atoms with Crippen LogP contribution in [0.2, 0.25) is 5.02 Å². The fourth-order valence-corrected chi connectivity index (χ4v) is 1.74. The van der Waals surface area contributed by atoms with Crippen molar-refractivity contribution < 1.29 is 4.74 Å². The summed E-state index contributed by atoms with van der Waals surface area (Å²) in [5.41, 5.74) is 0.849. The van der Waals surface area contributed by atoms with Gasteiger partial charge in [-0.3, -0.25) is 4.79 Å². The first-order valence-corrected chi connectivity index (χ1v) is 5.51. The highest BCUT2D eigenvalue weighted by atomic mass is 35.5. The van der Waals surface area contributed by atoms with Crippen molar-refractivity contribution >= 4 is 17.3 Å². The van der Waals surface area contributed by atoms with Gasteiger partial charge >= 0.3 is 0 Å². The van der Waals surface area contributed by atoms with Crippen LogP contribution in [0.15, 0.2) is 35.1 Å².